The number of hydrogen-bond acceptors (Lipinski definition) is 4. The lowest BCUT2D eigenvalue weighted by molar-refractivity contribution is 0.0245. The van der Waals surface area contributed by atoms with Crippen molar-refractivity contribution in [3.05, 3.63) is 16.1 Å². The largest absolute Gasteiger partial charge is 0.308 e. The Morgan fingerprint density at radius 3 is 2.72 bits per heavy atom. The van der Waals surface area contributed by atoms with E-state index in [1.165, 1.54) is 5.01 Å². The van der Waals surface area contributed by atoms with E-state index in [9.17, 15) is 0 Å². The van der Waals surface area contributed by atoms with Gasteiger partial charge in [0.15, 0.2) is 0 Å². The van der Waals surface area contributed by atoms with Crippen LogP contribution in [0.15, 0.2) is 5.38 Å². The Bertz CT molecular complexity index is 413. The summed E-state index contributed by atoms with van der Waals surface area (Å²) in [4.78, 5) is 7.18. The lowest BCUT2D eigenvalue weighted by Crippen LogP contribution is -2.66. The van der Waals surface area contributed by atoms with Crippen LogP contribution in [0, 0.1) is 6.92 Å². The highest BCUT2D eigenvalue weighted by Gasteiger charge is 2.39. The molecular formula is C14H25N3S. The van der Waals surface area contributed by atoms with Gasteiger partial charge < -0.3 is 5.32 Å². The van der Waals surface area contributed by atoms with Crippen LogP contribution in [0.2, 0.25) is 0 Å². The Kier molecular flexibility index (Phi) is 3.81. The second-order valence-electron chi connectivity index (χ2n) is 6.32. The summed E-state index contributed by atoms with van der Waals surface area (Å²) < 4.78 is 0. The van der Waals surface area contributed by atoms with Crippen molar-refractivity contribution in [2.24, 2.45) is 0 Å². The number of nitrogens with one attached hydrogen (secondary N) is 1. The molecule has 102 valence electrons. The number of thiazole rings is 1. The molecule has 1 aliphatic rings. The summed E-state index contributed by atoms with van der Waals surface area (Å²) in [6.07, 6.45) is 1.16. The monoisotopic (exact) mass is 267 g/mol. The smallest absolute Gasteiger partial charge is 0.107 e. The first-order valence-electron chi connectivity index (χ1n) is 6.76. The molecule has 1 aliphatic heterocycles. The van der Waals surface area contributed by atoms with E-state index >= 15 is 0 Å². The van der Waals surface area contributed by atoms with Crippen molar-refractivity contribution in [3.63, 3.8) is 0 Å². The highest BCUT2D eigenvalue weighted by molar-refractivity contribution is 7.09. The summed E-state index contributed by atoms with van der Waals surface area (Å²) in [5, 5.41) is 7.08. The molecule has 1 aromatic rings. The molecule has 0 spiro atoms. The van der Waals surface area contributed by atoms with Crippen LogP contribution in [0.4, 0.5) is 0 Å². The van der Waals surface area contributed by atoms with Crippen molar-refractivity contribution < 1.29 is 0 Å². The van der Waals surface area contributed by atoms with E-state index in [0.717, 1.165) is 31.7 Å². The molecule has 0 aliphatic carbocycles. The van der Waals surface area contributed by atoms with Gasteiger partial charge in [-0.05, 0) is 34.1 Å². The van der Waals surface area contributed by atoms with Gasteiger partial charge in [0.25, 0.3) is 0 Å². The highest BCUT2D eigenvalue weighted by Crippen LogP contribution is 2.27. The van der Waals surface area contributed by atoms with E-state index in [1.807, 2.05) is 0 Å². The summed E-state index contributed by atoms with van der Waals surface area (Å²) in [5.74, 6) is 0. The molecule has 2 rings (SSSR count). The fraction of sp³-hybridized carbons (Fsp3) is 0.786. The first-order chi connectivity index (χ1) is 8.35. The van der Waals surface area contributed by atoms with E-state index < -0.39 is 0 Å². The summed E-state index contributed by atoms with van der Waals surface area (Å²) in [6.45, 7) is 14.4. The molecule has 3 nitrogen and oxygen atoms in total. The van der Waals surface area contributed by atoms with Crippen molar-refractivity contribution in [3.8, 4) is 0 Å². The second kappa shape index (κ2) is 4.91. The summed E-state index contributed by atoms with van der Waals surface area (Å²) in [6, 6.07) is 0. The van der Waals surface area contributed by atoms with E-state index in [0.29, 0.717) is 0 Å². The van der Waals surface area contributed by atoms with E-state index in [4.69, 9.17) is 0 Å². The van der Waals surface area contributed by atoms with Crippen LogP contribution in [-0.4, -0.2) is 34.1 Å². The van der Waals surface area contributed by atoms with Gasteiger partial charge in [0.05, 0.1) is 6.54 Å². The number of nitrogens with zero attached hydrogens (tertiary/aromatic N) is 2. The molecular weight excluding hydrogens is 242 g/mol. The third kappa shape index (κ3) is 2.92. The number of rotatable bonds is 3. The van der Waals surface area contributed by atoms with Crippen LogP contribution >= 0.6 is 11.3 Å². The third-order valence-corrected chi connectivity index (χ3v) is 5.07. The van der Waals surface area contributed by atoms with E-state index in [2.05, 4.69) is 55.2 Å². The average Bonchev–Trinajstić information content (AvgIpc) is 2.70. The minimum Gasteiger partial charge on any atom is -0.308 e. The zero-order valence-electron chi connectivity index (χ0n) is 12.2. The number of aryl methyl sites for hydroxylation is 1. The lowest BCUT2D eigenvalue weighted by atomic mass is 9.88. The van der Waals surface area contributed by atoms with E-state index in [1.54, 1.807) is 11.3 Å². The lowest BCUT2D eigenvalue weighted by Gasteiger charge is -2.50. The fourth-order valence-corrected chi connectivity index (χ4v) is 3.16. The molecule has 1 atom stereocenters. The van der Waals surface area contributed by atoms with Gasteiger partial charge in [0, 0.05) is 35.2 Å². The molecule has 18 heavy (non-hydrogen) atoms. The predicted molar refractivity (Wildman–Crippen MR) is 78.0 cm³/mol. The highest BCUT2D eigenvalue weighted by atomic mass is 32.1. The van der Waals surface area contributed by atoms with Gasteiger partial charge in [-0.3, -0.25) is 4.90 Å². The van der Waals surface area contributed by atoms with Crippen molar-refractivity contribution in [1.29, 1.82) is 0 Å². The summed E-state index contributed by atoms with van der Waals surface area (Å²) >= 11 is 1.78. The zero-order chi connectivity index (χ0) is 13.4. The quantitative estimate of drug-likeness (QED) is 0.913. The molecule has 4 heteroatoms. The van der Waals surface area contributed by atoms with Crippen LogP contribution in [0.3, 0.4) is 0 Å². The molecule has 1 unspecified atom stereocenters. The minimum atomic E-state index is 0.203. The Labute approximate surface area is 115 Å². The van der Waals surface area contributed by atoms with Gasteiger partial charge in [0.1, 0.15) is 5.01 Å². The molecule has 1 saturated heterocycles. The van der Waals surface area contributed by atoms with Gasteiger partial charge in [0.2, 0.25) is 0 Å². The van der Waals surface area contributed by atoms with Crippen LogP contribution in [-0.2, 0) is 6.54 Å². The Hall–Kier alpha value is -0.450. The maximum Gasteiger partial charge on any atom is 0.107 e. The first-order valence-corrected chi connectivity index (χ1v) is 7.64. The molecule has 0 bridgehead atoms. The minimum absolute atomic E-state index is 0.203. The standard InChI is InChI=1S/C14H25N3S/c1-6-14(5)10-17(13(3,4)9-15-14)7-12-16-11(2)8-18-12/h8,15H,6-7,9-10H2,1-5H3. The molecule has 0 amide bonds. The van der Waals surface area contributed by atoms with Gasteiger partial charge >= 0.3 is 0 Å². The topological polar surface area (TPSA) is 28.2 Å². The fourth-order valence-electron chi connectivity index (χ4n) is 2.38. The maximum atomic E-state index is 4.60. The summed E-state index contributed by atoms with van der Waals surface area (Å²) in [7, 11) is 0. The van der Waals surface area contributed by atoms with Crippen molar-refractivity contribution >= 4 is 11.3 Å². The van der Waals surface area contributed by atoms with Crippen LogP contribution in [0.5, 0.6) is 0 Å². The van der Waals surface area contributed by atoms with Crippen molar-refractivity contribution in [2.75, 3.05) is 13.1 Å². The van der Waals surface area contributed by atoms with Gasteiger partial charge in [-0.15, -0.1) is 11.3 Å². The Balaban J connectivity index is 2.12. The van der Waals surface area contributed by atoms with Crippen molar-refractivity contribution in [1.82, 2.24) is 15.2 Å². The molecule has 2 heterocycles. The van der Waals surface area contributed by atoms with Crippen LogP contribution < -0.4 is 5.32 Å². The Morgan fingerprint density at radius 1 is 1.44 bits per heavy atom. The number of hydrogen-bond donors (Lipinski definition) is 1. The SMILES string of the molecule is CCC1(C)CN(Cc2nc(C)cs2)C(C)(C)CN1. The molecule has 0 radical (unpaired) electrons. The van der Waals surface area contributed by atoms with Gasteiger partial charge in [-0.25, -0.2) is 4.98 Å². The molecule has 1 fully saturated rings. The van der Waals surface area contributed by atoms with Gasteiger partial charge in [-0.1, -0.05) is 6.92 Å². The van der Waals surface area contributed by atoms with E-state index in [-0.39, 0.29) is 11.1 Å². The third-order valence-electron chi connectivity index (χ3n) is 4.12. The first kappa shape index (κ1) is 14.0. The molecule has 0 aromatic carbocycles. The summed E-state index contributed by atoms with van der Waals surface area (Å²) in [5.41, 5.74) is 1.58. The molecule has 1 aromatic heterocycles. The molecule has 0 saturated carbocycles. The van der Waals surface area contributed by atoms with Crippen molar-refractivity contribution in [2.45, 2.75) is 58.7 Å². The molecule has 1 N–H and O–H groups in total. The number of aromatic nitrogens is 1. The van der Waals surface area contributed by atoms with Crippen LogP contribution in [0.25, 0.3) is 0 Å². The Morgan fingerprint density at radius 2 is 2.17 bits per heavy atom. The normalized spacial score (nSPS) is 28.5. The second-order valence-corrected chi connectivity index (χ2v) is 7.26. The maximum absolute atomic E-state index is 4.60. The predicted octanol–water partition coefficient (Wildman–Crippen LogP) is 2.80. The van der Waals surface area contributed by atoms with Crippen LogP contribution in [0.1, 0.15) is 44.8 Å². The average molecular weight is 267 g/mol. The number of piperazine rings is 1. The van der Waals surface area contributed by atoms with Gasteiger partial charge in [-0.2, -0.15) is 0 Å². The zero-order valence-corrected chi connectivity index (χ0v) is 13.0.